The average Bonchev–Trinajstić information content (AvgIpc) is 2.57. The van der Waals surface area contributed by atoms with Crippen molar-refractivity contribution in [1.29, 1.82) is 0 Å². The van der Waals surface area contributed by atoms with Crippen LogP contribution >= 0.6 is 0 Å². The molecule has 3 heteroatoms. The maximum atomic E-state index is 9.69. The van der Waals surface area contributed by atoms with Crippen molar-refractivity contribution < 1.29 is 5.11 Å². The number of unbranched alkanes of at least 4 members (excludes halogenated alkanes) is 14. The molecule has 0 aromatic rings. The van der Waals surface area contributed by atoms with Crippen molar-refractivity contribution in [3.05, 3.63) is 6.92 Å². The van der Waals surface area contributed by atoms with Gasteiger partial charge in [0.05, 0.1) is 11.8 Å². The first kappa shape index (κ1) is 23.9. The summed E-state index contributed by atoms with van der Waals surface area (Å²) in [5, 5.41) is 9.69. The monoisotopic (exact) mass is 341 g/mol. The highest BCUT2D eigenvalue weighted by Crippen LogP contribution is 2.16. The molecular weight excluding hydrogens is 296 g/mol. The Morgan fingerprint density at radius 2 is 1.04 bits per heavy atom. The van der Waals surface area contributed by atoms with Crippen LogP contribution in [0.4, 0.5) is 0 Å². The lowest BCUT2D eigenvalue weighted by atomic mass is 9.95. The molecule has 0 aromatic carbocycles. The van der Waals surface area contributed by atoms with Gasteiger partial charge >= 0.3 is 0 Å². The molecule has 0 bridgehead atoms. The van der Waals surface area contributed by atoms with Gasteiger partial charge in [0, 0.05) is 0 Å². The summed E-state index contributed by atoms with van der Waals surface area (Å²) in [7, 11) is 0. The first-order valence-corrected chi connectivity index (χ1v) is 10.6. The Morgan fingerprint density at radius 3 is 1.38 bits per heavy atom. The highest BCUT2D eigenvalue weighted by Gasteiger charge is 2.26. The molecule has 0 aliphatic heterocycles. The van der Waals surface area contributed by atoms with E-state index in [1.807, 2.05) is 0 Å². The number of hydrogen-bond acceptors (Lipinski definition) is 3. The van der Waals surface area contributed by atoms with Crippen LogP contribution in [0.15, 0.2) is 0 Å². The largest absolute Gasteiger partial charge is 0.390 e. The molecular formula is C21H45N2O. The lowest BCUT2D eigenvalue weighted by molar-refractivity contribution is 0.0816. The van der Waals surface area contributed by atoms with Crippen molar-refractivity contribution in [2.45, 2.75) is 128 Å². The Kier molecular flexibility index (Phi) is 16.3. The normalized spacial score (nSPS) is 13.4. The molecule has 145 valence electrons. The fourth-order valence-corrected chi connectivity index (χ4v) is 3.24. The third-order valence-corrected chi connectivity index (χ3v) is 5.11. The molecule has 3 nitrogen and oxygen atoms in total. The van der Waals surface area contributed by atoms with Crippen LogP contribution in [-0.2, 0) is 0 Å². The zero-order chi connectivity index (χ0) is 18.1. The smallest absolute Gasteiger partial charge is 0.0903 e. The second kappa shape index (κ2) is 16.4. The first-order valence-electron chi connectivity index (χ1n) is 10.6. The van der Waals surface area contributed by atoms with E-state index in [9.17, 15) is 5.11 Å². The number of nitrogens with two attached hydrogens (primary N) is 2. The predicted molar refractivity (Wildman–Crippen MR) is 107 cm³/mol. The molecule has 0 saturated heterocycles. The van der Waals surface area contributed by atoms with E-state index >= 15 is 0 Å². The molecule has 0 heterocycles. The topological polar surface area (TPSA) is 72.3 Å². The lowest BCUT2D eigenvalue weighted by Gasteiger charge is -2.29. The lowest BCUT2D eigenvalue weighted by Crippen LogP contribution is -2.58. The van der Waals surface area contributed by atoms with Gasteiger partial charge in [0.1, 0.15) is 0 Å². The van der Waals surface area contributed by atoms with Gasteiger partial charge in [-0.15, -0.1) is 0 Å². The maximum absolute atomic E-state index is 9.69. The maximum Gasteiger partial charge on any atom is 0.0903 e. The van der Waals surface area contributed by atoms with Gasteiger partial charge in [0.25, 0.3) is 0 Å². The van der Waals surface area contributed by atoms with Gasteiger partial charge in [-0.2, -0.15) is 0 Å². The number of aliphatic hydroxyl groups is 1. The Labute approximate surface area is 152 Å². The fraction of sp³-hybridized carbons (Fsp3) is 0.952. The zero-order valence-corrected chi connectivity index (χ0v) is 16.4. The van der Waals surface area contributed by atoms with E-state index in [4.69, 9.17) is 11.5 Å². The highest BCUT2D eigenvalue weighted by molar-refractivity contribution is 4.85. The van der Waals surface area contributed by atoms with Crippen molar-refractivity contribution in [2.75, 3.05) is 0 Å². The molecule has 0 rings (SSSR count). The second-order valence-corrected chi connectivity index (χ2v) is 7.62. The minimum atomic E-state index is -0.960. The SMILES string of the molecule is [CH2]CC(O)C(N)(N)CCCCCCCCCCCCCCCCC. The van der Waals surface area contributed by atoms with E-state index in [1.54, 1.807) is 0 Å². The van der Waals surface area contributed by atoms with Gasteiger partial charge in [0.15, 0.2) is 0 Å². The van der Waals surface area contributed by atoms with Crippen LogP contribution < -0.4 is 11.5 Å². The predicted octanol–water partition coefficient (Wildman–Crippen LogP) is 5.45. The Bertz CT molecular complexity index is 256. The molecule has 0 aliphatic rings. The van der Waals surface area contributed by atoms with E-state index < -0.39 is 11.8 Å². The van der Waals surface area contributed by atoms with Crippen LogP contribution in [0.2, 0.25) is 0 Å². The average molecular weight is 342 g/mol. The third kappa shape index (κ3) is 14.2. The zero-order valence-electron chi connectivity index (χ0n) is 16.4. The van der Waals surface area contributed by atoms with Crippen molar-refractivity contribution in [1.82, 2.24) is 0 Å². The molecule has 5 N–H and O–H groups in total. The van der Waals surface area contributed by atoms with E-state index in [0.717, 1.165) is 12.8 Å². The highest BCUT2D eigenvalue weighted by atomic mass is 16.3. The number of hydrogen-bond donors (Lipinski definition) is 3. The van der Waals surface area contributed by atoms with E-state index in [0.29, 0.717) is 12.8 Å². The molecule has 1 atom stereocenters. The molecule has 0 fully saturated rings. The standard InChI is InChI=1S/C21H45N2O/c1-3-5-6-7-8-9-10-11-12-13-14-15-16-17-18-19-21(22,23)20(24)4-2/h20,24H,2-19,22-23H2,1H3. The molecule has 1 unspecified atom stereocenters. The summed E-state index contributed by atoms with van der Waals surface area (Å²) in [5.74, 6) is 0. The van der Waals surface area contributed by atoms with Gasteiger partial charge in [-0.05, 0) is 12.8 Å². The van der Waals surface area contributed by atoms with E-state index in [1.165, 1.54) is 83.5 Å². The van der Waals surface area contributed by atoms with E-state index in [-0.39, 0.29) is 0 Å². The number of rotatable bonds is 18. The van der Waals surface area contributed by atoms with Gasteiger partial charge in [-0.25, -0.2) is 0 Å². The molecule has 0 spiro atoms. The third-order valence-electron chi connectivity index (χ3n) is 5.11. The summed E-state index contributed by atoms with van der Waals surface area (Å²) in [6.07, 6.45) is 20.6. The summed E-state index contributed by atoms with van der Waals surface area (Å²) in [6, 6.07) is 0. The number of aliphatic hydroxyl groups excluding tert-OH is 1. The van der Waals surface area contributed by atoms with Crippen molar-refractivity contribution in [3.63, 3.8) is 0 Å². The molecule has 0 saturated carbocycles. The molecule has 0 aromatic heterocycles. The van der Waals surface area contributed by atoms with Crippen LogP contribution in [0.3, 0.4) is 0 Å². The van der Waals surface area contributed by atoms with Crippen LogP contribution in [0.1, 0.15) is 116 Å². The summed E-state index contributed by atoms with van der Waals surface area (Å²) in [5.41, 5.74) is 10.9. The second-order valence-electron chi connectivity index (χ2n) is 7.62. The van der Waals surface area contributed by atoms with Gasteiger partial charge in [0.2, 0.25) is 0 Å². The minimum absolute atomic E-state index is 0.381. The Hall–Kier alpha value is -0.120. The summed E-state index contributed by atoms with van der Waals surface area (Å²) < 4.78 is 0. The molecule has 0 aliphatic carbocycles. The summed E-state index contributed by atoms with van der Waals surface area (Å²) in [4.78, 5) is 0. The fourth-order valence-electron chi connectivity index (χ4n) is 3.24. The van der Waals surface area contributed by atoms with Crippen LogP contribution in [0, 0.1) is 6.92 Å². The summed E-state index contributed by atoms with van der Waals surface area (Å²) >= 11 is 0. The summed E-state index contributed by atoms with van der Waals surface area (Å²) in [6.45, 7) is 5.94. The van der Waals surface area contributed by atoms with Crippen molar-refractivity contribution >= 4 is 0 Å². The van der Waals surface area contributed by atoms with Crippen molar-refractivity contribution in [2.24, 2.45) is 11.5 Å². The van der Waals surface area contributed by atoms with Gasteiger partial charge in [-0.3, -0.25) is 0 Å². The molecule has 0 amide bonds. The van der Waals surface area contributed by atoms with Crippen LogP contribution in [0.25, 0.3) is 0 Å². The van der Waals surface area contributed by atoms with Gasteiger partial charge < -0.3 is 16.6 Å². The Balaban J connectivity index is 3.21. The quantitative estimate of drug-likeness (QED) is 0.229. The van der Waals surface area contributed by atoms with Crippen LogP contribution in [-0.4, -0.2) is 16.9 Å². The van der Waals surface area contributed by atoms with Gasteiger partial charge in [-0.1, -0.05) is 110 Å². The van der Waals surface area contributed by atoms with E-state index in [2.05, 4.69) is 13.8 Å². The Morgan fingerprint density at radius 1 is 0.708 bits per heavy atom. The minimum Gasteiger partial charge on any atom is -0.390 e. The first-order chi connectivity index (χ1) is 11.5. The van der Waals surface area contributed by atoms with Crippen LogP contribution in [0.5, 0.6) is 0 Å². The molecule has 1 radical (unpaired) electrons. The molecule has 24 heavy (non-hydrogen) atoms. The van der Waals surface area contributed by atoms with Crippen molar-refractivity contribution in [3.8, 4) is 0 Å².